The van der Waals surface area contributed by atoms with E-state index in [1.165, 1.54) is 6.21 Å². The standard InChI is InChI=1S/C18H21N3O4S/c1-13(2)15-5-9-17(10-6-15)26(23,24)21-20-11-14-3-7-16(8-4-14)25-12-18(19)22/h3-11,13,21H,12H2,1-2H3,(H2,19,22)/b20-11-. The number of ether oxygens (including phenoxy) is 1. The fourth-order valence-corrected chi connectivity index (χ4v) is 2.85. The van der Waals surface area contributed by atoms with Crippen LogP contribution in [0.2, 0.25) is 0 Å². The Balaban J connectivity index is 1.99. The van der Waals surface area contributed by atoms with Gasteiger partial charge in [-0.1, -0.05) is 26.0 Å². The molecular formula is C18H21N3O4S. The van der Waals surface area contributed by atoms with E-state index in [-0.39, 0.29) is 11.5 Å². The molecule has 138 valence electrons. The number of hydrogen-bond donors (Lipinski definition) is 2. The van der Waals surface area contributed by atoms with Crippen LogP contribution in [0.3, 0.4) is 0 Å². The summed E-state index contributed by atoms with van der Waals surface area (Å²) in [7, 11) is -3.72. The van der Waals surface area contributed by atoms with Crippen LogP contribution >= 0.6 is 0 Å². The SMILES string of the molecule is CC(C)c1ccc(S(=O)(=O)N/N=C\c2ccc(OCC(N)=O)cc2)cc1. The minimum Gasteiger partial charge on any atom is -0.484 e. The molecule has 2 aromatic rings. The Kier molecular flexibility index (Phi) is 6.35. The van der Waals surface area contributed by atoms with Crippen molar-refractivity contribution in [3.8, 4) is 5.75 Å². The first-order valence-corrected chi connectivity index (χ1v) is 9.42. The lowest BCUT2D eigenvalue weighted by molar-refractivity contribution is -0.119. The van der Waals surface area contributed by atoms with Crippen LogP contribution in [0.1, 0.15) is 30.9 Å². The predicted molar refractivity (Wildman–Crippen MR) is 99.6 cm³/mol. The van der Waals surface area contributed by atoms with Crippen LogP contribution in [-0.4, -0.2) is 27.1 Å². The van der Waals surface area contributed by atoms with Gasteiger partial charge in [0.25, 0.3) is 15.9 Å². The Morgan fingerprint density at radius 3 is 2.31 bits per heavy atom. The van der Waals surface area contributed by atoms with Gasteiger partial charge < -0.3 is 10.5 Å². The second-order valence-electron chi connectivity index (χ2n) is 5.90. The van der Waals surface area contributed by atoms with Crippen LogP contribution in [0, 0.1) is 0 Å². The predicted octanol–water partition coefficient (Wildman–Crippen LogP) is 1.99. The maximum absolute atomic E-state index is 12.2. The molecule has 0 heterocycles. The Morgan fingerprint density at radius 2 is 1.77 bits per heavy atom. The summed E-state index contributed by atoms with van der Waals surface area (Å²) in [5.41, 5.74) is 6.72. The van der Waals surface area contributed by atoms with Gasteiger partial charge in [0, 0.05) is 0 Å². The number of hydrazone groups is 1. The number of carbonyl (C=O) groups is 1. The van der Waals surface area contributed by atoms with E-state index in [0.717, 1.165) is 5.56 Å². The van der Waals surface area contributed by atoms with Crippen molar-refractivity contribution in [2.45, 2.75) is 24.7 Å². The van der Waals surface area contributed by atoms with Crippen molar-refractivity contribution >= 4 is 22.1 Å². The van der Waals surface area contributed by atoms with E-state index in [1.54, 1.807) is 48.5 Å². The van der Waals surface area contributed by atoms with Crippen LogP contribution in [0.5, 0.6) is 5.75 Å². The molecule has 0 aromatic heterocycles. The van der Waals surface area contributed by atoms with Crippen LogP contribution in [-0.2, 0) is 14.8 Å². The van der Waals surface area contributed by atoms with E-state index < -0.39 is 15.9 Å². The number of sulfonamides is 1. The van der Waals surface area contributed by atoms with Gasteiger partial charge in [0.2, 0.25) is 0 Å². The van der Waals surface area contributed by atoms with Gasteiger partial charge in [0.15, 0.2) is 6.61 Å². The van der Waals surface area contributed by atoms with Crippen molar-refractivity contribution < 1.29 is 17.9 Å². The van der Waals surface area contributed by atoms with Crippen molar-refractivity contribution in [3.05, 3.63) is 59.7 Å². The zero-order chi connectivity index (χ0) is 19.2. The maximum atomic E-state index is 12.2. The lowest BCUT2D eigenvalue weighted by Crippen LogP contribution is -2.20. The fraction of sp³-hybridized carbons (Fsp3) is 0.222. The number of hydrogen-bond acceptors (Lipinski definition) is 5. The lowest BCUT2D eigenvalue weighted by Gasteiger charge is -2.07. The Morgan fingerprint density at radius 1 is 1.15 bits per heavy atom. The zero-order valence-electron chi connectivity index (χ0n) is 14.5. The Bertz CT molecular complexity index is 874. The minimum absolute atomic E-state index is 0.147. The summed E-state index contributed by atoms with van der Waals surface area (Å²) in [5, 5.41) is 3.77. The molecule has 1 amide bonds. The third-order valence-corrected chi connectivity index (χ3v) is 4.74. The molecule has 26 heavy (non-hydrogen) atoms. The smallest absolute Gasteiger partial charge is 0.276 e. The molecule has 0 saturated heterocycles. The highest BCUT2D eigenvalue weighted by atomic mass is 32.2. The molecule has 3 N–H and O–H groups in total. The van der Waals surface area contributed by atoms with Gasteiger partial charge >= 0.3 is 0 Å². The van der Waals surface area contributed by atoms with E-state index in [2.05, 4.69) is 9.93 Å². The molecule has 0 spiro atoms. The van der Waals surface area contributed by atoms with Crippen LogP contribution in [0.15, 0.2) is 58.5 Å². The summed E-state index contributed by atoms with van der Waals surface area (Å²) in [6.45, 7) is 3.87. The summed E-state index contributed by atoms with van der Waals surface area (Å²) in [5.74, 6) is 0.242. The second kappa shape index (κ2) is 8.48. The molecule has 2 rings (SSSR count). The molecule has 0 aliphatic rings. The number of carbonyl (C=O) groups excluding carboxylic acids is 1. The first-order valence-electron chi connectivity index (χ1n) is 7.94. The van der Waals surface area contributed by atoms with E-state index in [1.807, 2.05) is 13.8 Å². The van der Waals surface area contributed by atoms with E-state index in [9.17, 15) is 13.2 Å². The number of amides is 1. The quantitative estimate of drug-likeness (QED) is 0.543. The molecule has 7 nitrogen and oxygen atoms in total. The van der Waals surface area contributed by atoms with Crippen LogP contribution < -0.4 is 15.3 Å². The molecule has 2 aromatic carbocycles. The summed E-state index contributed by atoms with van der Waals surface area (Å²) < 4.78 is 29.6. The van der Waals surface area contributed by atoms with Gasteiger partial charge in [-0.3, -0.25) is 4.79 Å². The lowest BCUT2D eigenvalue weighted by atomic mass is 10.0. The second-order valence-corrected chi connectivity index (χ2v) is 7.56. The average Bonchev–Trinajstić information content (AvgIpc) is 2.61. The van der Waals surface area contributed by atoms with Gasteiger partial charge in [0.05, 0.1) is 11.1 Å². The fourth-order valence-electron chi connectivity index (χ4n) is 2.06. The third kappa shape index (κ3) is 5.59. The molecule has 0 radical (unpaired) electrons. The summed E-state index contributed by atoms with van der Waals surface area (Å²) in [4.78, 5) is 13.0. The monoisotopic (exact) mass is 375 g/mol. The van der Waals surface area contributed by atoms with Gasteiger partial charge in [-0.25, -0.2) is 4.83 Å². The Labute approximate surface area is 152 Å². The number of nitrogens with zero attached hydrogens (tertiary/aromatic N) is 1. The van der Waals surface area contributed by atoms with Crippen molar-refractivity contribution in [3.63, 3.8) is 0 Å². The number of primary amides is 1. The van der Waals surface area contributed by atoms with Crippen molar-refractivity contribution in [2.75, 3.05) is 6.61 Å². The van der Waals surface area contributed by atoms with Crippen molar-refractivity contribution in [2.24, 2.45) is 10.8 Å². The topological polar surface area (TPSA) is 111 Å². The molecule has 0 fully saturated rings. The number of nitrogens with one attached hydrogen (secondary N) is 1. The summed E-state index contributed by atoms with van der Waals surface area (Å²) in [6, 6.07) is 13.3. The molecule has 0 unspecified atom stereocenters. The Hall–Kier alpha value is -2.87. The number of nitrogens with two attached hydrogens (primary N) is 1. The molecule has 0 aliphatic carbocycles. The van der Waals surface area contributed by atoms with Gasteiger partial charge in [0.1, 0.15) is 5.75 Å². The number of benzene rings is 2. The van der Waals surface area contributed by atoms with Crippen LogP contribution in [0.25, 0.3) is 0 Å². The van der Waals surface area contributed by atoms with E-state index >= 15 is 0 Å². The first-order chi connectivity index (χ1) is 12.3. The highest BCUT2D eigenvalue weighted by Crippen LogP contribution is 2.17. The highest BCUT2D eigenvalue weighted by Gasteiger charge is 2.12. The van der Waals surface area contributed by atoms with E-state index in [4.69, 9.17) is 10.5 Å². The molecule has 0 atom stereocenters. The zero-order valence-corrected chi connectivity index (χ0v) is 15.4. The third-order valence-electron chi connectivity index (χ3n) is 3.50. The normalized spacial score (nSPS) is 11.7. The molecule has 0 bridgehead atoms. The first kappa shape index (κ1) is 19.5. The largest absolute Gasteiger partial charge is 0.484 e. The summed E-state index contributed by atoms with van der Waals surface area (Å²) in [6.07, 6.45) is 1.37. The molecular weight excluding hydrogens is 354 g/mol. The highest BCUT2D eigenvalue weighted by molar-refractivity contribution is 7.89. The van der Waals surface area contributed by atoms with Crippen molar-refractivity contribution in [1.29, 1.82) is 0 Å². The van der Waals surface area contributed by atoms with Gasteiger partial charge in [-0.05, 0) is 53.4 Å². The maximum Gasteiger partial charge on any atom is 0.276 e. The van der Waals surface area contributed by atoms with E-state index in [0.29, 0.717) is 17.2 Å². The van der Waals surface area contributed by atoms with Gasteiger partial charge in [-0.2, -0.15) is 13.5 Å². The van der Waals surface area contributed by atoms with Gasteiger partial charge in [-0.15, -0.1) is 0 Å². The minimum atomic E-state index is -3.72. The summed E-state index contributed by atoms with van der Waals surface area (Å²) >= 11 is 0. The molecule has 0 aliphatic heterocycles. The number of rotatable bonds is 8. The molecule has 0 saturated carbocycles. The average molecular weight is 375 g/mol. The van der Waals surface area contributed by atoms with Crippen LogP contribution in [0.4, 0.5) is 0 Å². The van der Waals surface area contributed by atoms with Crippen molar-refractivity contribution in [1.82, 2.24) is 4.83 Å². The molecule has 8 heteroatoms.